The molecule has 1 N–H and O–H groups in total. The maximum Gasteiger partial charge on any atom is 0.408 e. The molecule has 0 spiro atoms. The van der Waals surface area contributed by atoms with Gasteiger partial charge in [0.05, 0.1) is 16.7 Å². The molecule has 1 aliphatic rings. The number of amides is 1. The van der Waals surface area contributed by atoms with Gasteiger partial charge in [-0.3, -0.25) is 9.97 Å². The molecule has 0 atom stereocenters. The van der Waals surface area contributed by atoms with Crippen LogP contribution in [0.3, 0.4) is 0 Å². The maximum absolute atomic E-state index is 12.0. The highest BCUT2D eigenvalue weighted by Crippen LogP contribution is 2.45. The molecule has 2 heterocycles. The van der Waals surface area contributed by atoms with E-state index in [0.29, 0.717) is 0 Å². The van der Waals surface area contributed by atoms with Crippen molar-refractivity contribution in [3.8, 4) is 0 Å². The standard InChI is InChI=1S/C16H19N3O2/c1-15(2,3)21-14(20)19-16(7-8-16)13-5-4-11-10-17-9-6-12(11)18-13/h4-6,9-10H,7-8H2,1-3H3,(H,19,20). The average molecular weight is 285 g/mol. The van der Waals surface area contributed by atoms with E-state index in [1.165, 1.54) is 0 Å². The molecule has 1 saturated carbocycles. The van der Waals surface area contributed by atoms with Gasteiger partial charge in [0, 0.05) is 17.8 Å². The normalized spacial score (nSPS) is 16.5. The molecule has 2 aromatic rings. The van der Waals surface area contributed by atoms with E-state index >= 15 is 0 Å². The average Bonchev–Trinajstić information content (AvgIpc) is 3.16. The Morgan fingerprint density at radius 1 is 1.29 bits per heavy atom. The Kier molecular flexibility index (Phi) is 3.08. The quantitative estimate of drug-likeness (QED) is 0.920. The van der Waals surface area contributed by atoms with Crippen molar-refractivity contribution >= 4 is 17.0 Å². The van der Waals surface area contributed by atoms with Gasteiger partial charge in [-0.05, 0) is 51.8 Å². The van der Waals surface area contributed by atoms with Gasteiger partial charge in [-0.25, -0.2) is 4.79 Å². The monoisotopic (exact) mass is 285 g/mol. The second kappa shape index (κ2) is 4.69. The molecule has 1 fully saturated rings. The summed E-state index contributed by atoms with van der Waals surface area (Å²) < 4.78 is 5.33. The lowest BCUT2D eigenvalue weighted by Crippen LogP contribution is -2.39. The molecule has 0 aromatic carbocycles. The van der Waals surface area contributed by atoms with Crippen LogP contribution >= 0.6 is 0 Å². The Labute approximate surface area is 123 Å². The summed E-state index contributed by atoms with van der Waals surface area (Å²) in [5, 5.41) is 3.96. The summed E-state index contributed by atoms with van der Waals surface area (Å²) in [6, 6.07) is 5.82. The van der Waals surface area contributed by atoms with E-state index in [1.807, 2.05) is 39.0 Å². The summed E-state index contributed by atoms with van der Waals surface area (Å²) in [5.74, 6) is 0. The minimum absolute atomic E-state index is 0.375. The molecule has 0 saturated heterocycles. The van der Waals surface area contributed by atoms with Crippen molar-refractivity contribution in [2.24, 2.45) is 0 Å². The van der Waals surface area contributed by atoms with Gasteiger partial charge in [0.15, 0.2) is 0 Å². The largest absolute Gasteiger partial charge is 0.444 e. The van der Waals surface area contributed by atoms with Crippen LogP contribution in [0, 0.1) is 0 Å². The van der Waals surface area contributed by atoms with Crippen LogP contribution in [-0.4, -0.2) is 21.7 Å². The van der Waals surface area contributed by atoms with Gasteiger partial charge in [0.2, 0.25) is 0 Å². The zero-order chi connectivity index (χ0) is 15.1. The van der Waals surface area contributed by atoms with Crippen molar-refractivity contribution in [3.63, 3.8) is 0 Å². The molecular formula is C16H19N3O2. The van der Waals surface area contributed by atoms with Gasteiger partial charge >= 0.3 is 6.09 Å². The molecule has 1 aliphatic carbocycles. The number of fused-ring (bicyclic) bond motifs is 1. The SMILES string of the molecule is CC(C)(C)OC(=O)NC1(c2ccc3cnccc3n2)CC1. The highest BCUT2D eigenvalue weighted by atomic mass is 16.6. The van der Waals surface area contributed by atoms with Crippen LogP contribution in [-0.2, 0) is 10.3 Å². The van der Waals surface area contributed by atoms with Crippen molar-refractivity contribution < 1.29 is 9.53 Å². The Morgan fingerprint density at radius 2 is 2.05 bits per heavy atom. The first kappa shape index (κ1) is 13.8. The third-order valence-electron chi connectivity index (χ3n) is 3.47. The van der Waals surface area contributed by atoms with E-state index < -0.39 is 11.7 Å². The van der Waals surface area contributed by atoms with Crippen LogP contribution in [0.2, 0.25) is 0 Å². The molecular weight excluding hydrogens is 266 g/mol. The number of alkyl carbamates (subject to hydrolysis) is 1. The number of carbonyl (C=O) groups excluding carboxylic acids is 1. The number of carbonyl (C=O) groups is 1. The number of ether oxygens (including phenoxy) is 1. The number of hydrogen-bond acceptors (Lipinski definition) is 4. The topological polar surface area (TPSA) is 64.1 Å². The van der Waals surface area contributed by atoms with Crippen LogP contribution < -0.4 is 5.32 Å². The molecule has 0 unspecified atom stereocenters. The minimum atomic E-state index is -0.497. The van der Waals surface area contributed by atoms with Gasteiger partial charge in [0.1, 0.15) is 5.60 Å². The van der Waals surface area contributed by atoms with Crippen LogP contribution in [0.4, 0.5) is 4.79 Å². The van der Waals surface area contributed by atoms with E-state index in [4.69, 9.17) is 4.74 Å². The lowest BCUT2D eigenvalue weighted by molar-refractivity contribution is 0.0494. The van der Waals surface area contributed by atoms with Crippen molar-refractivity contribution in [2.75, 3.05) is 0 Å². The number of nitrogens with zero attached hydrogens (tertiary/aromatic N) is 2. The van der Waals surface area contributed by atoms with Crippen molar-refractivity contribution in [2.45, 2.75) is 44.8 Å². The summed E-state index contributed by atoms with van der Waals surface area (Å²) in [6.07, 6.45) is 4.88. The summed E-state index contributed by atoms with van der Waals surface area (Å²) >= 11 is 0. The van der Waals surface area contributed by atoms with Crippen LogP contribution in [0.25, 0.3) is 10.9 Å². The molecule has 3 rings (SSSR count). The minimum Gasteiger partial charge on any atom is -0.444 e. The first-order valence-corrected chi connectivity index (χ1v) is 7.10. The zero-order valence-electron chi connectivity index (χ0n) is 12.5. The molecule has 0 bridgehead atoms. The van der Waals surface area contributed by atoms with E-state index in [9.17, 15) is 4.79 Å². The predicted octanol–water partition coefficient (Wildman–Crippen LogP) is 3.14. The molecule has 5 nitrogen and oxygen atoms in total. The number of aromatic nitrogens is 2. The summed E-state index contributed by atoms with van der Waals surface area (Å²) in [6.45, 7) is 5.56. The Balaban J connectivity index is 1.82. The van der Waals surface area contributed by atoms with Gasteiger partial charge in [-0.15, -0.1) is 0 Å². The lowest BCUT2D eigenvalue weighted by atomic mass is 10.1. The predicted molar refractivity (Wildman–Crippen MR) is 79.8 cm³/mol. The van der Waals surface area contributed by atoms with Gasteiger partial charge in [0.25, 0.3) is 0 Å². The molecule has 21 heavy (non-hydrogen) atoms. The lowest BCUT2D eigenvalue weighted by Gasteiger charge is -2.23. The van der Waals surface area contributed by atoms with E-state index in [1.54, 1.807) is 12.4 Å². The fourth-order valence-electron chi connectivity index (χ4n) is 2.30. The summed E-state index contributed by atoms with van der Waals surface area (Å²) in [4.78, 5) is 20.7. The highest BCUT2D eigenvalue weighted by molar-refractivity contribution is 5.78. The highest BCUT2D eigenvalue weighted by Gasteiger charge is 2.48. The van der Waals surface area contributed by atoms with E-state index in [0.717, 1.165) is 29.4 Å². The molecule has 0 radical (unpaired) electrons. The second-order valence-corrected chi connectivity index (χ2v) is 6.47. The zero-order valence-corrected chi connectivity index (χ0v) is 12.5. The molecule has 110 valence electrons. The fourth-order valence-corrected chi connectivity index (χ4v) is 2.30. The second-order valence-electron chi connectivity index (χ2n) is 6.47. The van der Waals surface area contributed by atoms with Crippen LogP contribution in [0.5, 0.6) is 0 Å². The number of pyridine rings is 2. The Morgan fingerprint density at radius 3 is 2.71 bits per heavy atom. The summed E-state index contributed by atoms with van der Waals surface area (Å²) in [7, 11) is 0. The Bertz CT molecular complexity index is 687. The molecule has 0 aliphatic heterocycles. The molecule has 5 heteroatoms. The Hall–Kier alpha value is -2.17. The van der Waals surface area contributed by atoms with Crippen molar-refractivity contribution in [1.82, 2.24) is 15.3 Å². The number of rotatable bonds is 2. The van der Waals surface area contributed by atoms with E-state index in [-0.39, 0.29) is 5.54 Å². The smallest absolute Gasteiger partial charge is 0.408 e. The molecule has 2 aromatic heterocycles. The fraction of sp³-hybridized carbons (Fsp3) is 0.438. The third-order valence-corrected chi connectivity index (χ3v) is 3.47. The van der Waals surface area contributed by atoms with Crippen molar-refractivity contribution in [1.29, 1.82) is 0 Å². The van der Waals surface area contributed by atoms with Gasteiger partial charge in [-0.2, -0.15) is 0 Å². The third kappa shape index (κ3) is 2.96. The first-order valence-electron chi connectivity index (χ1n) is 7.10. The van der Waals surface area contributed by atoms with Crippen LogP contribution in [0.1, 0.15) is 39.3 Å². The number of hydrogen-bond donors (Lipinski definition) is 1. The van der Waals surface area contributed by atoms with Gasteiger partial charge in [-0.1, -0.05) is 0 Å². The van der Waals surface area contributed by atoms with Crippen LogP contribution in [0.15, 0.2) is 30.6 Å². The number of nitrogens with one attached hydrogen (secondary N) is 1. The van der Waals surface area contributed by atoms with Crippen molar-refractivity contribution in [3.05, 3.63) is 36.3 Å². The maximum atomic E-state index is 12.0. The van der Waals surface area contributed by atoms with E-state index in [2.05, 4.69) is 15.3 Å². The van der Waals surface area contributed by atoms with Gasteiger partial charge < -0.3 is 10.1 Å². The molecule has 1 amide bonds. The first-order chi connectivity index (χ1) is 9.88. The summed E-state index contributed by atoms with van der Waals surface area (Å²) in [5.41, 5.74) is 0.898.